The van der Waals surface area contributed by atoms with Crippen LogP contribution in [-0.2, 0) is 26.4 Å². The van der Waals surface area contributed by atoms with Crippen LogP contribution in [-0.4, -0.2) is 33.8 Å². The Morgan fingerprint density at radius 2 is 2.18 bits per heavy atom. The number of aromatic nitrogens is 3. The van der Waals surface area contributed by atoms with Gasteiger partial charge in [-0.05, 0) is 30.4 Å². The summed E-state index contributed by atoms with van der Waals surface area (Å²) in [5.41, 5.74) is 2.91. The highest BCUT2D eigenvalue weighted by Gasteiger charge is 2.19. The van der Waals surface area contributed by atoms with Crippen molar-refractivity contribution in [3.8, 4) is 0 Å². The van der Waals surface area contributed by atoms with Crippen molar-refractivity contribution < 1.29 is 0 Å². The van der Waals surface area contributed by atoms with E-state index in [-0.39, 0.29) is 0 Å². The fraction of sp³-hybridized carbons (Fsp3) is 0.438. The highest BCUT2D eigenvalue weighted by Crippen LogP contribution is 2.20. The van der Waals surface area contributed by atoms with Crippen molar-refractivity contribution in [1.29, 1.82) is 0 Å². The van der Waals surface area contributed by atoms with E-state index in [0.717, 1.165) is 31.0 Å². The molecule has 1 aromatic heterocycles. The van der Waals surface area contributed by atoms with E-state index in [0.29, 0.717) is 12.6 Å². The molecule has 6 heteroatoms. The van der Waals surface area contributed by atoms with Crippen molar-refractivity contribution in [3.63, 3.8) is 0 Å². The van der Waals surface area contributed by atoms with Crippen molar-refractivity contribution in [2.75, 3.05) is 7.05 Å². The maximum absolute atomic E-state index is 4.30. The maximum Gasteiger partial charge on any atom is 0.191 e. The lowest BCUT2D eigenvalue weighted by Crippen LogP contribution is -2.45. The molecule has 0 saturated heterocycles. The van der Waals surface area contributed by atoms with Gasteiger partial charge in [0.05, 0.1) is 6.54 Å². The van der Waals surface area contributed by atoms with Crippen LogP contribution in [0, 0.1) is 0 Å². The summed E-state index contributed by atoms with van der Waals surface area (Å²) < 4.78 is 1.90. The van der Waals surface area contributed by atoms with Gasteiger partial charge in [0, 0.05) is 20.1 Å². The SMILES string of the molecule is CN=C(NCc1nncn1C)NC1CCc2ccccc2C1. The van der Waals surface area contributed by atoms with E-state index in [1.807, 2.05) is 11.6 Å². The zero-order chi connectivity index (χ0) is 15.4. The molecule has 1 aromatic carbocycles. The number of hydrogen-bond acceptors (Lipinski definition) is 3. The number of benzene rings is 1. The standard InChI is InChI=1S/C16H22N6/c1-17-16(18-10-15-21-19-11-22(15)2)20-14-8-7-12-5-3-4-6-13(12)9-14/h3-6,11,14H,7-10H2,1-2H3,(H2,17,18,20). The number of aliphatic imine (C=N–C) groups is 1. The van der Waals surface area contributed by atoms with E-state index in [1.54, 1.807) is 13.4 Å². The van der Waals surface area contributed by atoms with Crippen LogP contribution in [0.2, 0.25) is 0 Å². The smallest absolute Gasteiger partial charge is 0.191 e. The van der Waals surface area contributed by atoms with Crippen LogP contribution in [0.1, 0.15) is 23.4 Å². The molecule has 0 saturated carbocycles. The van der Waals surface area contributed by atoms with Gasteiger partial charge in [0.1, 0.15) is 6.33 Å². The fourth-order valence-corrected chi connectivity index (χ4v) is 2.84. The zero-order valence-corrected chi connectivity index (χ0v) is 13.1. The van der Waals surface area contributed by atoms with E-state index >= 15 is 0 Å². The lowest BCUT2D eigenvalue weighted by Gasteiger charge is -2.27. The minimum atomic E-state index is 0.417. The van der Waals surface area contributed by atoms with Gasteiger partial charge in [0.15, 0.2) is 11.8 Å². The Morgan fingerprint density at radius 3 is 2.91 bits per heavy atom. The number of fused-ring (bicyclic) bond motifs is 1. The average molecular weight is 298 g/mol. The molecule has 1 heterocycles. The molecule has 0 fully saturated rings. The summed E-state index contributed by atoms with van der Waals surface area (Å²) in [6.07, 6.45) is 4.99. The van der Waals surface area contributed by atoms with Gasteiger partial charge in [-0.3, -0.25) is 4.99 Å². The quantitative estimate of drug-likeness (QED) is 0.656. The molecule has 116 valence electrons. The molecule has 1 aliphatic rings. The van der Waals surface area contributed by atoms with E-state index < -0.39 is 0 Å². The van der Waals surface area contributed by atoms with Crippen molar-refractivity contribution in [2.45, 2.75) is 31.8 Å². The van der Waals surface area contributed by atoms with Gasteiger partial charge in [-0.25, -0.2) is 0 Å². The third kappa shape index (κ3) is 3.27. The first-order chi connectivity index (χ1) is 10.8. The molecular formula is C16H22N6. The average Bonchev–Trinajstić information content (AvgIpc) is 2.96. The number of aryl methyl sites for hydroxylation is 2. The summed E-state index contributed by atoms with van der Waals surface area (Å²) in [4.78, 5) is 4.30. The van der Waals surface area contributed by atoms with Gasteiger partial charge in [-0.2, -0.15) is 0 Å². The highest BCUT2D eigenvalue weighted by atomic mass is 15.3. The molecule has 1 atom stereocenters. The molecule has 0 aliphatic heterocycles. The minimum absolute atomic E-state index is 0.417. The minimum Gasteiger partial charge on any atom is -0.353 e. The summed E-state index contributed by atoms with van der Waals surface area (Å²) in [7, 11) is 3.73. The number of nitrogens with one attached hydrogen (secondary N) is 2. The first-order valence-electron chi connectivity index (χ1n) is 7.63. The monoisotopic (exact) mass is 298 g/mol. The van der Waals surface area contributed by atoms with Crippen molar-refractivity contribution >= 4 is 5.96 Å². The first kappa shape index (κ1) is 14.6. The van der Waals surface area contributed by atoms with Crippen LogP contribution < -0.4 is 10.6 Å². The predicted molar refractivity (Wildman–Crippen MR) is 86.6 cm³/mol. The van der Waals surface area contributed by atoms with E-state index in [4.69, 9.17) is 0 Å². The topological polar surface area (TPSA) is 67.1 Å². The van der Waals surface area contributed by atoms with Crippen LogP contribution in [0.25, 0.3) is 0 Å². The molecule has 1 unspecified atom stereocenters. The van der Waals surface area contributed by atoms with Crippen LogP contribution in [0.15, 0.2) is 35.6 Å². The Bertz CT molecular complexity index is 660. The molecule has 0 bridgehead atoms. The Morgan fingerprint density at radius 1 is 1.36 bits per heavy atom. The number of hydrogen-bond donors (Lipinski definition) is 2. The highest BCUT2D eigenvalue weighted by molar-refractivity contribution is 5.79. The van der Waals surface area contributed by atoms with Crippen LogP contribution >= 0.6 is 0 Å². The second-order valence-corrected chi connectivity index (χ2v) is 5.64. The summed E-state index contributed by atoms with van der Waals surface area (Å²) in [6.45, 7) is 0.611. The maximum atomic E-state index is 4.30. The number of guanidine groups is 1. The molecule has 3 rings (SSSR count). The Kier molecular flexibility index (Phi) is 4.37. The van der Waals surface area contributed by atoms with E-state index in [2.05, 4.69) is 50.1 Å². The Balaban J connectivity index is 1.57. The predicted octanol–water partition coefficient (Wildman–Crippen LogP) is 1.04. The van der Waals surface area contributed by atoms with Gasteiger partial charge in [-0.1, -0.05) is 24.3 Å². The number of nitrogens with zero attached hydrogens (tertiary/aromatic N) is 4. The van der Waals surface area contributed by atoms with Gasteiger partial charge < -0.3 is 15.2 Å². The fourth-order valence-electron chi connectivity index (χ4n) is 2.84. The van der Waals surface area contributed by atoms with Gasteiger partial charge in [0.25, 0.3) is 0 Å². The van der Waals surface area contributed by atoms with Crippen molar-refractivity contribution in [2.24, 2.45) is 12.0 Å². The zero-order valence-electron chi connectivity index (χ0n) is 13.1. The largest absolute Gasteiger partial charge is 0.353 e. The van der Waals surface area contributed by atoms with Gasteiger partial charge >= 0.3 is 0 Å². The lowest BCUT2D eigenvalue weighted by molar-refractivity contribution is 0.519. The summed E-state index contributed by atoms with van der Waals surface area (Å²) >= 11 is 0. The van der Waals surface area contributed by atoms with Gasteiger partial charge in [-0.15, -0.1) is 10.2 Å². The molecule has 0 amide bonds. The third-order valence-electron chi connectivity index (χ3n) is 4.13. The first-order valence-corrected chi connectivity index (χ1v) is 7.63. The Hall–Kier alpha value is -2.37. The molecular weight excluding hydrogens is 276 g/mol. The Labute approximate surface area is 130 Å². The van der Waals surface area contributed by atoms with Gasteiger partial charge in [0.2, 0.25) is 0 Å². The molecule has 0 spiro atoms. The second kappa shape index (κ2) is 6.60. The molecule has 0 radical (unpaired) electrons. The number of rotatable bonds is 3. The summed E-state index contributed by atoms with van der Waals surface area (Å²) in [5, 5.41) is 14.8. The molecule has 22 heavy (non-hydrogen) atoms. The normalized spacial score (nSPS) is 17.9. The third-order valence-corrected chi connectivity index (χ3v) is 4.13. The summed E-state index contributed by atoms with van der Waals surface area (Å²) in [5.74, 6) is 1.70. The van der Waals surface area contributed by atoms with Crippen molar-refractivity contribution in [3.05, 3.63) is 47.5 Å². The van der Waals surface area contributed by atoms with Crippen LogP contribution in [0.3, 0.4) is 0 Å². The lowest BCUT2D eigenvalue weighted by atomic mass is 9.88. The van der Waals surface area contributed by atoms with Crippen molar-refractivity contribution in [1.82, 2.24) is 25.4 Å². The van der Waals surface area contributed by atoms with Crippen LogP contribution in [0.4, 0.5) is 0 Å². The van der Waals surface area contributed by atoms with E-state index in [9.17, 15) is 0 Å². The van der Waals surface area contributed by atoms with E-state index in [1.165, 1.54) is 11.1 Å². The molecule has 2 N–H and O–H groups in total. The second-order valence-electron chi connectivity index (χ2n) is 5.64. The van der Waals surface area contributed by atoms with Crippen LogP contribution in [0.5, 0.6) is 0 Å². The summed E-state index contributed by atoms with van der Waals surface area (Å²) in [6, 6.07) is 9.10. The molecule has 2 aromatic rings. The molecule has 6 nitrogen and oxygen atoms in total. The molecule has 1 aliphatic carbocycles.